The Kier molecular flexibility index (Phi) is 3.01. The number of phenols is 1. The van der Waals surface area contributed by atoms with Gasteiger partial charge in [-0.05, 0) is 17.9 Å². The van der Waals surface area contributed by atoms with Crippen molar-refractivity contribution in [2.45, 2.75) is 11.3 Å². The van der Waals surface area contributed by atoms with Gasteiger partial charge in [-0.25, -0.2) is 0 Å². The lowest BCUT2D eigenvalue weighted by molar-refractivity contribution is 0.461. The third kappa shape index (κ3) is 1.72. The highest BCUT2D eigenvalue weighted by Gasteiger charge is 2.04. The Labute approximate surface area is 75.8 Å². The number of nitrogens with zero attached hydrogens (tertiary/aromatic N) is 1. The normalized spacial score (nSPS) is 9.33. The van der Waals surface area contributed by atoms with Gasteiger partial charge in [-0.2, -0.15) is 5.26 Å². The molecule has 0 heterocycles. The van der Waals surface area contributed by atoms with E-state index in [0.29, 0.717) is 6.42 Å². The van der Waals surface area contributed by atoms with Crippen LogP contribution in [-0.4, -0.2) is 11.4 Å². The van der Waals surface area contributed by atoms with Gasteiger partial charge in [0.1, 0.15) is 5.75 Å². The molecule has 0 amide bonds. The van der Waals surface area contributed by atoms with Crippen molar-refractivity contribution in [1.82, 2.24) is 0 Å². The van der Waals surface area contributed by atoms with E-state index in [1.165, 1.54) is 11.8 Å². The summed E-state index contributed by atoms with van der Waals surface area (Å²) in [5.74, 6) is 0.259. The fourth-order valence-electron chi connectivity index (χ4n) is 1.03. The van der Waals surface area contributed by atoms with Gasteiger partial charge in [-0.15, -0.1) is 11.8 Å². The molecule has 62 valence electrons. The lowest BCUT2D eigenvalue weighted by Crippen LogP contribution is -1.85. The molecule has 0 fully saturated rings. The first-order valence-corrected chi connectivity index (χ1v) is 4.74. The molecule has 0 radical (unpaired) electrons. The van der Waals surface area contributed by atoms with E-state index in [9.17, 15) is 5.11 Å². The van der Waals surface area contributed by atoms with Crippen molar-refractivity contribution >= 4 is 11.8 Å². The van der Waals surface area contributed by atoms with Crippen molar-refractivity contribution in [2.75, 3.05) is 6.26 Å². The number of hydrogen-bond donors (Lipinski definition) is 1. The van der Waals surface area contributed by atoms with Crippen molar-refractivity contribution < 1.29 is 5.11 Å². The molecule has 0 aliphatic rings. The molecule has 0 spiro atoms. The molecule has 0 unspecified atom stereocenters. The Balaban J connectivity index is 3.11. The van der Waals surface area contributed by atoms with Crippen molar-refractivity contribution in [2.24, 2.45) is 0 Å². The molecule has 2 nitrogen and oxygen atoms in total. The van der Waals surface area contributed by atoms with Crippen molar-refractivity contribution in [1.29, 1.82) is 5.26 Å². The second-order valence-corrected chi connectivity index (χ2v) is 3.12. The van der Waals surface area contributed by atoms with Crippen LogP contribution in [0.4, 0.5) is 0 Å². The van der Waals surface area contributed by atoms with Gasteiger partial charge in [0, 0.05) is 0 Å². The van der Waals surface area contributed by atoms with E-state index >= 15 is 0 Å². The summed E-state index contributed by atoms with van der Waals surface area (Å²) in [4.78, 5) is 0.805. The fraction of sp³-hybridized carbons (Fsp3) is 0.222. The zero-order valence-corrected chi connectivity index (χ0v) is 7.56. The number of hydrogen-bond acceptors (Lipinski definition) is 3. The Hall–Kier alpha value is -1.14. The maximum Gasteiger partial charge on any atom is 0.129 e. The minimum atomic E-state index is 0.259. The van der Waals surface area contributed by atoms with Crippen LogP contribution in [-0.2, 0) is 6.42 Å². The molecule has 0 aliphatic carbocycles. The summed E-state index contributed by atoms with van der Waals surface area (Å²) in [6.07, 6.45) is 2.24. The predicted octanol–water partition coefficient (Wildman–Crippen LogP) is 2.18. The highest BCUT2D eigenvalue weighted by atomic mass is 32.2. The van der Waals surface area contributed by atoms with E-state index in [1.807, 2.05) is 12.3 Å². The molecule has 0 aromatic heterocycles. The van der Waals surface area contributed by atoms with E-state index in [4.69, 9.17) is 5.26 Å². The molecular formula is C9H9NOS. The molecule has 12 heavy (non-hydrogen) atoms. The molecule has 1 N–H and O–H groups in total. The lowest BCUT2D eigenvalue weighted by atomic mass is 10.1. The molecule has 1 aromatic carbocycles. The Morgan fingerprint density at radius 3 is 2.92 bits per heavy atom. The van der Waals surface area contributed by atoms with Gasteiger partial charge in [-0.3, -0.25) is 0 Å². The number of phenolic OH excluding ortho intramolecular Hbond substituents is 1. The average Bonchev–Trinajstić information content (AvgIpc) is 2.05. The van der Waals surface area contributed by atoms with Crippen LogP contribution in [0.25, 0.3) is 0 Å². The van der Waals surface area contributed by atoms with Crippen LogP contribution in [0.1, 0.15) is 5.56 Å². The summed E-state index contributed by atoms with van der Waals surface area (Å²) in [7, 11) is 0. The van der Waals surface area contributed by atoms with Crippen LogP contribution in [0, 0.1) is 11.3 Å². The second kappa shape index (κ2) is 4.03. The highest BCUT2D eigenvalue weighted by Crippen LogP contribution is 2.29. The van der Waals surface area contributed by atoms with E-state index in [2.05, 4.69) is 6.07 Å². The lowest BCUT2D eigenvalue weighted by Gasteiger charge is -2.04. The molecule has 0 atom stereocenters. The van der Waals surface area contributed by atoms with Crippen molar-refractivity contribution in [3.63, 3.8) is 0 Å². The summed E-state index contributed by atoms with van der Waals surface area (Å²) in [6, 6.07) is 7.30. The Morgan fingerprint density at radius 2 is 2.33 bits per heavy atom. The first kappa shape index (κ1) is 8.95. The molecule has 1 rings (SSSR count). The van der Waals surface area contributed by atoms with Crippen LogP contribution < -0.4 is 0 Å². The van der Waals surface area contributed by atoms with Crippen LogP contribution in [0.2, 0.25) is 0 Å². The van der Waals surface area contributed by atoms with E-state index < -0.39 is 0 Å². The first-order chi connectivity index (χ1) is 5.79. The van der Waals surface area contributed by atoms with Gasteiger partial charge in [-0.1, -0.05) is 12.1 Å². The fourth-order valence-corrected chi connectivity index (χ4v) is 1.71. The van der Waals surface area contributed by atoms with E-state index in [-0.39, 0.29) is 5.75 Å². The minimum Gasteiger partial charge on any atom is -0.507 e. The van der Waals surface area contributed by atoms with Gasteiger partial charge in [0.25, 0.3) is 0 Å². The number of benzene rings is 1. The average molecular weight is 179 g/mol. The molecular weight excluding hydrogens is 170 g/mol. The topological polar surface area (TPSA) is 44.0 Å². The number of rotatable bonds is 2. The van der Waals surface area contributed by atoms with Crippen LogP contribution in [0.5, 0.6) is 5.75 Å². The predicted molar refractivity (Wildman–Crippen MR) is 49.2 cm³/mol. The van der Waals surface area contributed by atoms with Crippen molar-refractivity contribution in [3.05, 3.63) is 23.8 Å². The maximum absolute atomic E-state index is 9.39. The standard InChI is InChI=1S/C9H9NOS/c1-12-9-7(5-6-10)3-2-4-8(9)11/h2-4,11H,5H2,1H3. The van der Waals surface area contributed by atoms with Crippen molar-refractivity contribution in [3.8, 4) is 11.8 Å². The largest absolute Gasteiger partial charge is 0.507 e. The number of thioether (sulfide) groups is 1. The van der Waals surface area contributed by atoms with Gasteiger partial charge in [0.2, 0.25) is 0 Å². The highest BCUT2D eigenvalue weighted by molar-refractivity contribution is 7.98. The molecule has 0 saturated heterocycles. The third-order valence-electron chi connectivity index (χ3n) is 1.55. The first-order valence-electron chi connectivity index (χ1n) is 3.51. The molecule has 3 heteroatoms. The summed E-state index contributed by atoms with van der Waals surface area (Å²) >= 11 is 1.46. The smallest absolute Gasteiger partial charge is 0.129 e. The van der Waals surface area contributed by atoms with Gasteiger partial charge in [0.05, 0.1) is 17.4 Å². The maximum atomic E-state index is 9.39. The number of aromatic hydroxyl groups is 1. The zero-order valence-electron chi connectivity index (χ0n) is 6.74. The van der Waals surface area contributed by atoms with Crippen LogP contribution in [0.15, 0.2) is 23.1 Å². The van der Waals surface area contributed by atoms with E-state index in [1.54, 1.807) is 12.1 Å². The minimum absolute atomic E-state index is 0.259. The summed E-state index contributed by atoms with van der Waals surface area (Å²) < 4.78 is 0. The van der Waals surface area contributed by atoms with Crippen LogP contribution >= 0.6 is 11.8 Å². The SMILES string of the molecule is CSc1c(O)cccc1CC#N. The summed E-state index contributed by atoms with van der Waals surface area (Å²) in [5, 5.41) is 17.9. The summed E-state index contributed by atoms with van der Waals surface area (Å²) in [6.45, 7) is 0. The summed E-state index contributed by atoms with van der Waals surface area (Å²) in [5.41, 5.74) is 0.894. The van der Waals surface area contributed by atoms with Gasteiger partial charge < -0.3 is 5.11 Å². The third-order valence-corrected chi connectivity index (χ3v) is 2.43. The Bertz CT molecular complexity index is 317. The van der Waals surface area contributed by atoms with Gasteiger partial charge >= 0.3 is 0 Å². The van der Waals surface area contributed by atoms with E-state index in [0.717, 1.165) is 10.5 Å². The second-order valence-electron chi connectivity index (χ2n) is 2.30. The quantitative estimate of drug-likeness (QED) is 0.708. The molecule has 0 saturated carbocycles. The molecule has 1 aromatic rings. The Morgan fingerprint density at radius 1 is 1.58 bits per heavy atom. The zero-order chi connectivity index (χ0) is 8.97. The van der Waals surface area contributed by atoms with Gasteiger partial charge in [0.15, 0.2) is 0 Å². The monoisotopic (exact) mass is 179 g/mol. The molecule has 0 bridgehead atoms. The molecule has 0 aliphatic heterocycles. The number of nitriles is 1. The van der Waals surface area contributed by atoms with Crippen LogP contribution in [0.3, 0.4) is 0 Å².